The zero-order valence-corrected chi connectivity index (χ0v) is 15.8. The lowest BCUT2D eigenvalue weighted by atomic mass is 10.2. The first-order valence-corrected chi connectivity index (χ1v) is 9.69. The number of para-hydroxylation sites is 1. The van der Waals surface area contributed by atoms with E-state index in [9.17, 15) is 9.59 Å². The van der Waals surface area contributed by atoms with E-state index in [-0.39, 0.29) is 11.3 Å². The SMILES string of the molecule is O=C(CCn1ncc(=O)c2ccccc21)N1CCN(Cc2ccccc2)CC1. The smallest absolute Gasteiger partial charge is 0.224 e. The number of nitrogens with zero attached hydrogens (tertiary/aromatic N) is 4. The maximum atomic E-state index is 12.6. The van der Waals surface area contributed by atoms with Crippen LogP contribution in [0.25, 0.3) is 10.9 Å². The highest BCUT2D eigenvalue weighted by Gasteiger charge is 2.21. The molecule has 1 aliphatic rings. The third-order valence-electron chi connectivity index (χ3n) is 5.27. The number of aryl methyl sites for hydroxylation is 1. The largest absolute Gasteiger partial charge is 0.340 e. The van der Waals surface area contributed by atoms with E-state index >= 15 is 0 Å². The molecule has 144 valence electrons. The number of amides is 1. The van der Waals surface area contributed by atoms with E-state index in [1.807, 2.05) is 29.2 Å². The van der Waals surface area contributed by atoms with Crippen LogP contribution in [0.2, 0.25) is 0 Å². The van der Waals surface area contributed by atoms with Gasteiger partial charge in [-0.05, 0) is 17.7 Å². The Kier molecular flexibility index (Phi) is 5.48. The molecule has 0 bridgehead atoms. The van der Waals surface area contributed by atoms with Gasteiger partial charge in [-0.1, -0.05) is 42.5 Å². The molecule has 0 N–H and O–H groups in total. The standard InChI is InChI=1S/C22H24N4O2/c27-21-16-23-26(20-9-5-4-8-19(20)21)11-10-22(28)25-14-12-24(13-15-25)17-18-6-2-1-3-7-18/h1-9,16H,10-15,17H2. The summed E-state index contributed by atoms with van der Waals surface area (Å²) in [5, 5.41) is 4.85. The maximum absolute atomic E-state index is 12.6. The van der Waals surface area contributed by atoms with Crippen molar-refractivity contribution in [2.45, 2.75) is 19.5 Å². The second-order valence-corrected chi connectivity index (χ2v) is 7.14. The highest BCUT2D eigenvalue weighted by atomic mass is 16.2. The molecule has 2 heterocycles. The number of carbonyl (C=O) groups excluding carboxylic acids is 1. The Bertz CT molecular complexity index is 1010. The van der Waals surface area contributed by atoms with Crippen molar-refractivity contribution in [3.8, 4) is 0 Å². The molecule has 4 rings (SSSR count). The molecule has 0 radical (unpaired) electrons. The van der Waals surface area contributed by atoms with Crippen LogP contribution in [0, 0.1) is 0 Å². The molecule has 1 saturated heterocycles. The number of hydrogen-bond donors (Lipinski definition) is 0. The topological polar surface area (TPSA) is 58.4 Å². The third-order valence-corrected chi connectivity index (χ3v) is 5.27. The van der Waals surface area contributed by atoms with Crippen molar-refractivity contribution in [1.29, 1.82) is 0 Å². The quantitative estimate of drug-likeness (QED) is 0.685. The molecule has 2 aromatic carbocycles. The Morgan fingerprint density at radius 2 is 1.64 bits per heavy atom. The maximum Gasteiger partial charge on any atom is 0.224 e. The Balaban J connectivity index is 1.32. The number of rotatable bonds is 5. The van der Waals surface area contributed by atoms with Crippen molar-refractivity contribution in [1.82, 2.24) is 19.6 Å². The van der Waals surface area contributed by atoms with Gasteiger partial charge < -0.3 is 4.90 Å². The van der Waals surface area contributed by atoms with E-state index < -0.39 is 0 Å². The first-order valence-electron chi connectivity index (χ1n) is 9.69. The summed E-state index contributed by atoms with van der Waals surface area (Å²) in [5.74, 6) is 0.143. The second kappa shape index (κ2) is 8.35. The predicted molar refractivity (Wildman–Crippen MR) is 109 cm³/mol. The molecule has 6 heteroatoms. The molecule has 6 nitrogen and oxygen atoms in total. The number of piperazine rings is 1. The molecule has 0 aliphatic carbocycles. The molecule has 3 aromatic rings. The van der Waals surface area contributed by atoms with Gasteiger partial charge in [-0.15, -0.1) is 0 Å². The number of fused-ring (bicyclic) bond motifs is 1. The lowest BCUT2D eigenvalue weighted by molar-refractivity contribution is -0.133. The molecule has 0 spiro atoms. The van der Waals surface area contributed by atoms with Crippen LogP contribution < -0.4 is 5.43 Å². The molecule has 1 aliphatic heterocycles. The fraction of sp³-hybridized carbons (Fsp3) is 0.318. The van der Waals surface area contributed by atoms with Gasteiger partial charge >= 0.3 is 0 Å². The van der Waals surface area contributed by atoms with Crippen molar-refractivity contribution in [3.63, 3.8) is 0 Å². The van der Waals surface area contributed by atoms with E-state index in [1.54, 1.807) is 10.7 Å². The molecule has 1 fully saturated rings. The van der Waals surface area contributed by atoms with E-state index in [2.05, 4.69) is 34.3 Å². The molecule has 0 atom stereocenters. The molecule has 1 aromatic heterocycles. The minimum absolute atomic E-state index is 0.0901. The highest BCUT2D eigenvalue weighted by molar-refractivity contribution is 5.79. The third kappa shape index (κ3) is 4.12. The van der Waals surface area contributed by atoms with Gasteiger partial charge in [-0.3, -0.25) is 19.2 Å². The summed E-state index contributed by atoms with van der Waals surface area (Å²) in [7, 11) is 0. The lowest BCUT2D eigenvalue weighted by Gasteiger charge is -2.34. The summed E-state index contributed by atoms with van der Waals surface area (Å²) in [6, 6.07) is 17.8. The summed E-state index contributed by atoms with van der Waals surface area (Å²) < 4.78 is 1.75. The van der Waals surface area contributed by atoms with E-state index in [4.69, 9.17) is 0 Å². The van der Waals surface area contributed by atoms with Crippen molar-refractivity contribution in [2.75, 3.05) is 26.2 Å². The van der Waals surface area contributed by atoms with Crippen LogP contribution in [-0.2, 0) is 17.9 Å². The predicted octanol–water partition coefficient (Wildman–Crippen LogP) is 2.13. The van der Waals surface area contributed by atoms with Crippen LogP contribution in [0.1, 0.15) is 12.0 Å². The minimum Gasteiger partial charge on any atom is -0.340 e. The van der Waals surface area contributed by atoms with Gasteiger partial charge in [-0.25, -0.2) is 0 Å². The average molecular weight is 376 g/mol. The number of aromatic nitrogens is 2. The summed E-state index contributed by atoms with van der Waals surface area (Å²) in [6.07, 6.45) is 1.72. The van der Waals surface area contributed by atoms with Gasteiger partial charge in [0.1, 0.15) is 0 Å². The lowest BCUT2D eigenvalue weighted by Crippen LogP contribution is -2.48. The normalized spacial score (nSPS) is 15.1. The van der Waals surface area contributed by atoms with Gasteiger partial charge in [0.05, 0.1) is 18.3 Å². The molecule has 0 saturated carbocycles. The van der Waals surface area contributed by atoms with Crippen molar-refractivity contribution in [3.05, 3.63) is 76.6 Å². The Morgan fingerprint density at radius 1 is 0.929 bits per heavy atom. The van der Waals surface area contributed by atoms with Gasteiger partial charge in [0.2, 0.25) is 11.3 Å². The minimum atomic E-state index is -0.0901. The highest BCUT2D eigenvalue weighted by Crippen LogP contribution is 2.11. The molecular weight excluding hydrogens is 352 g/mol. The molecule has 0 unspecified atom stereocenters. The monoisotopic (exact) mass is 376 g/mol. The number of carbonyl (C=O) groups is 1. The zero-order chi connectivity index (χ0) is 19.3. The van der Waals surface area contributed by atoms with Crippen molar-refractivity contribution in [2.24, 2.45) is 0 Å². The van der Waals surface area contributed by atoms with Gasteiger partial charge in [-0.2, -0.15) is 5.10 Å². The number of benzene rings is 2. The second-order valence-electron chi connectivity index (χ2n) is 7.14. The first kappa shape index (κ1) is 18.4. The van der Waals surface area contributed by atoms with E-state index in [1.165, 1.54) is 11.8 Å². The van der Waals surface area contributed by atoms with Crippen molar-refractivity contribution < 1.29 is 4.79 Å². The van der Waals surface area contributed by atoms with Crippen molar-refractivity contribution >= 4 is 16.8 Å². The van der Waals surface area contributed by atoms with E-state index in [0.717, 1.165) is 38.2 Å². The average Bonchev–Trinajstić information content (AvgIpc) is 2.74. The van der Waals surface area contributed by atoms with Crippen LogP contribution in [0.3, 0.4) is 0 Å². The molecule has 1 amide bonds. The molecular formula is C22H24N4O2. The Labute approximate surface area is 164 Å². The van der Waals surface area contributed by atoms with Crippen LogP contribution in [0.15, 0.2) is 65.6 Å². The zero-order valence-electron chi connectivity index (χ0n) is 15.8. The van der Waals surface area contributed by atoms with Gasteiger partial charge in [0.25, 0.3) is 0 Å². The van der Waals surface area contributed by atoms with Crippen LogP contribution in [-0.4, -0.2) is 51.7 Å². The van der Waals surface area contributed by atoms with E-state index in [0.29, 0.717) is 18.4 Å². The van der Waals surface area contributed by atoms with Crippen LogP contribution in [0.4, 0.5) is 0 Å². The summed E-state index contributed by atoms with van der Waals surface area (Å²) in [4.78, 5) is 28.9. The Hall–Kier alpha value is -2.99. The van der Waals surface area contributed by atoms with Crippen LogP contribution in [0.5, 0.6) is 0 Å². The Morgan fingerprint density at radius 3 is 2.43 bits per heavy atom. The number of hydrogen-bond acceptors (Lipinski definition) is 4. The van der Waals surface area contributed by atoms with Crippen LogP contribution >= 0.6 is 0 Å². The fourth-order valence-electron chi connectivity index (χ4n) is 3.70. The molecule has 28 heavy (non-hydrogen) atoms. The summed E-state index contributed by atoms with van der Waals surface area (Å²) in [5.41, 5.74) is 1.99. The summed E-state index contributed by atoms with van der Waals surface area (Å²) >= 11 is 0. The summed E-state index contributed by atoms with van der Waals surface area (Å²) in [6.45, 7) is 4.69. The fourth-order valence-corrected chi connectivity index (χ4v) is 3.70. The van der Waals surface area contributed by atoms with Gasteiger partial charge in [0.15, 0.2) is 0 Å². The van der Waals surface area contributed by atoms with Gasteiger partial charge in [0, 0.05) is 44.5 Å². The first-order chi connectivity index (χ1) is 13.7.